The lowest BCUT2D eigenvalue weighted by Gasteiger charge is -2.26. The van der Waals surface area contributed by atoms with Crippen LogP contribution in [0.15, 0.2) is 47.5 Å². The van der Waals surface area contributed by atoms with Crippen molar-refractivity contribution < 1.29 is 22.4 Å². The molecule has 3 rings (SSSR count). The molecule has 0 bridgehead atoms. The number of quaternary nitrogens is 1. The van der Waals surface area contributed by atoms with E-state index in [-0.39, 0.29) is 10.7 Å². The number of hydrogen-bond donors (Lipinski definition) is 1. The van der Waals surface area contributed by atoms with E-state index in [9.17, 15) is 12.8 Å². The smallest absolute Gasteiger partial charge is 0.244 e. The highest BCUT2D eigenvalue weighted by atomic mass is 32.2. The van der Waals surface area contributed by atoms with Crippen LogP contribution in [-0.2, 0) is 28.0 Å². The largest absolute Gasteiger partial charge is 0.379 e. The average Bonchev–Trinajstić information content (AvgIpc) is 2.66. The lowest BCUT2D eigenvalue weighted by atomic mass is 10.2. The SMILES string of the molecule is C[NH+](Cc1ccc(F)cc1)Cn1cc(S(=O)(=O)N2CCOCC2)ccc1=S. The van der Waals surface area contributed by atoms with Gasteiger partial charge in [0.15, 0.2) is 6.67 Å². The number of morpholine rings is 1. The van der Waals surface area contributed by atoms with Crippen molar-refractivity contribution in [2.45, 2.75) is 18.1 Å². The summed E-state index contributed by atoms with van der Waals surface area (Å²) < 4.78 is 47.7. The van der Waals surface area contributed by atoms with Crippen LogP contribution in [0.5, 0.6) is 0 Å². The molecule has 1 saturated heterocycles. The molecule has 0 spiro atoms. The van der Waals surface area contributed by atoms with Gasteiger partial charge in [0, 0.05) is 24.8 Å². The zero-order chi connectivity index (χ0) is 19.4. The second-order valence-electron chi connectivity index (χ2n) is 6.61. The molecule has 1 aromatic heterocycles. The number of benzene rings is 1. The average molecular weight is 413 g/mol. The van der Waals surface area contributed by atoms with Crippen LogP contribution in [0.1, 0.15) is 5.56 Å². The minimum atomic E-state index is -3.57. The molecule has 1 fully saturated rings. The number of hydrogen-bond acceptors (Lipinski definition) is 4. The van der Waals surface area contributed by atoms with Crippen molar-refractivity contribution >= 4 is 22.2 Å². The molecule has 2 heterocycles. The summed E-state index contributed by atoms with van der Waals surface area (Å²) in [7, 11) is -1.59. The Labute approximate surface area is 163 Å². The number of halogens is 1. The summed E-state index contributed by atoms with van der Waals surface area (Å²) in [4.78, 5) is 1.33. The molecule has 2 aromatic rings. The second kappa shape index (κ2) is 8.57. The zero-order valence-corrected chi connectivity index (χ0v) is 16.7. The number of ether oxygens (including phenoxy) is 1. The lowest BCUT2D eigenvalue weighted by molar-refractivity contribution is -0.917. The summed E-state index contributed by atoms with van der Waals surface area (Å²) in [6, 6.07) is 9.56. The lowest BCUT2D eigenvalue weighted by Crippen LogP contribution is -3.06. The van der Waals surface area contributed by atoms with E-state index >= 15 is 0 Å². The normalized spacial score (nSPS) is 17.0. The zero-order valence-electron chi connectivity index (χ0n) is 15.1. The summed E-state index contributed by atoms with van der Waals surface area (Å²) >= 11 is 5.36. The van der Waals surface area contributed by atoms with Gasteiger partial charge in [-0.05, 0) is 24.3 Å². The second-order valence-corrected chi connectivity index (χ2v) is 8.96. The Morgan fingerprint density at radius 3 is 2.48 bits per heavy atom. The van der Waals surface area contributed by atoms with E-state index in [4.69, 9.17) is 17.0 Å². The quantitative estimate of drug-likeness (QED) is 0.721. The Morgan fingerprint density at radius 1 is 1.15 bits per heavy atom. The Kier molecular flexibility index (Phi) is 6.38. The van der Waals surface area contributed by atoms with Crippen molar-refractivity contribution in [1.29, 1.82) is 0 Å². The van der Waals surface area contributed by atoms with E-state index in [0.29, 0.717) is 44.2 Å². The maximum absolute atomic E-state index is 13.0. The van der Waals surface area contributed by atoms with Gasteiger partial charge in [0.25, 0.3) is 0 Å². The molecule has 0 aliphatic carbocycles. The van der Waals surface area contributed by atoms with E-state index in [1.807, 2.05) is 7.05 Å². The first-order valence-electron chi connectivity index (χ1n) is 8.70. The molecule has 0 radical (unpaired) electrons. The number of rotatable bonds is 6. The maximum Gasteiger partial charge on any atom is 0.244 e. The highest BCUT2D eigenvalue weighted by Crippen LogP contribution is 2.16. The third-order valence-electron chi connectivity index (χ3n) is 4.42. The van der Waals surface area contributed by atoms with Crippen molar-refractivity contribution in [2.75, 3.05) is 33.4 Å². The predicted octanol–water partition coefficient (Wildman–Crippen LogP) is 1.05. The van der Waals surface area contributed by atoms with Crippen LogP contribution in [0.3, 0.4) is 0 Å². The first-order valence-corrected chi connectivity index (χ1v) is 10.6. The van der Waals surface area contributed by atoms with Crippen LogP contribution in [-0.4, -0.2) is 50.6 Å². The topological polar surface area (TPSA) is 56.0 Å². The monoisotopic (exact) mass is 412 g/mol. The molecule has 1 N–H and O–H groups in total. The van der Waals surface area contributed by atoms with Gasteiger partial charge < -0.3 is 9.64 Å². The van der Waals surface area contributed by atoms with Gasteiger partial charge in [-0.2, -0.15) is 4.31 Å². The number of aromatic nitrogens is 1. The van der Waals surface area contributed by atoms with Crippen LogP contribution in [0, 0.1) is 10.5 Å². The van der Waals surface area contributed by atoms with Gasteiger partial charge in [0.1, 0.15) is 17.0 Å². The molecule has 0 amide bonds. The summed E-state index contributed by atoms with van der Waals surface area (Å²) in [5, 5.41) is 0. The van der Waals surface area contributed by atoms with Crippen molar-refractivity contribution in [1.82, 2.24) is 8.87 Å². The molecule has 146 valence electrons. The maximum atomic E-state index is 13.0. The van der Waals surface area contributed by atoms with Gasteiger partial charge in [0.2, 0.25) is 10.0 Å². The Hall–Kier alpha value is -1.65. The number of sulfonamides is 1. The number of nitrogens with one attached hydrogen (secondary N) is 1. The first-order chi connectivity index (χ1) is 12.9. The molecule has 6 nitrogen and oxygen atoms in total. The van der Waals surface area contributed by atoms with Crippen molar-refractivity contribution in [2.24, 2.45) is 0 Å². The third kappa shape index (κ3) is 4.99. The Bertz CT molecular complexity index is 939. The van der Waals surface area contributed by atoms with Gasteiger partial charge >= 0.3 is 0 Å². The molecule has 1 aromatic carbocycles. The van der Waals surface area contributed by atoms with Gasteiger partial charge in [-0.3, -0.25) is 4.57 Å². The summed E-state index contributed by atoms with van der Waals surface area (Å²) in [5.41, 5.74) is 0.998. The van der Waals surface area contributed by atoms with Gasteiger partial charge in [-0.1, -0.05) is 24.4 Å². The molecule has 27 heavy (non-hydrogen) atoms. The van der Waals surface area contributed by atoms with E-state index in [1.165, 1.54) is 16.4 Å². The van der Waals surface area contributed by atoms with E-state index in [0.717, 1.165) is 10.5 Å². The van der Waals surface area contributed by atoms with Crippen LogP contribution in [0.4, 0.5) is 4.39 Å². The molecule has 1 unspecified atom stereocenters. The predicted molar refractivity (Wildman–Crippen MR) is 102 cm³/mol. The van der Waals surface area contributed by atoms with Gasteiger partial charge in [0.05, 0.1) is 25.2 Å². The summed E-state index contributed by atoms with van der Waals surface area (Å²) in [6.07, 6.45) is 1.60. The molecule has 9 heteroatoms. The fourth-order valence-corrected chi connectivity index (χ4v) is 4.63. The fourth-order valence-electron chi connectivity index (χ4n) is 3.02. The highest BCUT2D eigenvalue weighted by Gasteiger charge is 2.26. The Balaban J connectivity index is 1.76. The standard InChI is InChI=1S/C18H22FN3O3S2/c1-20(12-15-2-4-16(19)5-3-15)14-21-13-17(6-7-18(21)26)27(23,24)22-8-10-25-11-9-22/h2-7,13H,8-12,14H2,1H3/p+1. The molecule has 1 aliphatic rings. The van der Waals surface area contributed by atoms with Crippen molar-refractivity contribution in [3.05, 3.63) is 58.6 Å². The number of nitrogens with zero attached hydrogens (tertiary/aromatic N) is 2. The summed E-state index contributed by atoms with van der Waals surface area (Å²) in [5.74, 6) is -0.264. The van der Waals surface area contributed by atoms with Crippen molar-refractivity contribution in [3.63, 3.8) is 0 Å². The number of pyridine rings is 1. The van der Waals surface area contributed by atoms with Crippen LogP contribution < -0.4 is 4.90 Å². The summed E-state index contributed by atoms with van der Waals surface area (Å²) in [6.45, 7) is 2.69. The highest BCUT2D eigenvalue weighted by molar-refractivity contribution is 7.89. The van der Waals surface area contributed by atoms with Gasteiger partial charge in [-0.25, -0.2) is 12.8 Å². The molecular formula is C18H23FN3O3S2+. The molecular weight excluding hydrogens is 389 g/mol. The molecule has 1 aliphatic heterocycles. The van der Waals surface area contributed by atoms with Crippen LogP contribution >= 0.6 is 12.2 Å². The van der Waals surface area contributed by atoms with E-state index in [2.05, 4.69) is 0 Å². The van der Waals surface area contributed by atoms with E-state index < -0.39 is 10.0 Å². The molecule has 1 atom stereocenters. The minimum absolute atomic E-state index is 0.229. The van der Waals surface area contributed by atoms with Gasteiger partial charge in [-0.15, -0.1) is 0 Å². The minimum Gasteiger partial charge on any atom is -0.379 e. The van der Waals surface area contributed by atoms with Crippen LogP contribution in [0.25, 0.3) is 0 Å². The van der Waals surface area contributed by atoms with E-state index in [1.54, 1.807) is 35.0 Å². The van der Waals surface area contributed by atoms with Crippen LogP contribution in [0.2, 0.25) is 0 Å². The Morgan fingerprint density at radius 2 is 1.81 bits per heavy atom. The third-order valence-corrected chi connectivity index (χ3v) is 6.68. The first kappa shape index (κ1) is 20.1. The molecule has 0 saturated carbocycles. The van der Waals surface area contributed by atoms with Crippen molar-refractivity contribution in [3.8, 4) is 0 Å². The fraction of sp³-hybridized carbons (Fsp3) is 0.389.